The predicted octanol–water partition coefficient (Wildman–Crippen LogP) is 4.12. The van der Waals surface area contributed by atoms with E-state index in [4.69, 9.17) is 4.74 Å². The number of ether oxygens (including phenoxy) is 1. The van der Waals surface area contributed by atoms with Crippen molar-refractivity contribution < 1.29 is 14.1 Å². The molecule has 1 heterocycles. The maximum absolute atomic E-state index is 13.2. The van der Waals surface area contributed by atoms with Crippen molar-refractivity contribution in [3.63, 3.8) is 0 Å². The number of nitrogens with one attached hydrogen (secondary N) is 1. The van der Waals surface area contributed by atoms with Crippen molar-refractivity contribution in [3.8, 4) is 11.6 Å². The molecule has 0 amide bonds. The number of nitro groups is 1. The zero-order chi connectivity index (χ0) is 15.4. The normalized spacial score (nSPS) is 10.2. The lowest BCUT2D eigenvalue weighted by Crippen LogP contribution is -2.02. The first kappa shape index (κ1) is 15.2. The molecule has 0 spiro atoms. The number of halogens is 2. The first-order chi connectivity index (χ1) is 9.99. The lowest BCUT2D eigenvalue weighted by Gasteiger charge is -2.08. The van der Waals surface area contributed by atoms with Gasteiger partial charge in [0, 0.05) is 6.54 Å². The highest BCUT2D eigenvalue weighted by molar-refractivity contribution is 9.10. The number of benzene rings is 1. The molecule has 0 saturated carbocycles. The summed E-state index contributed by atoms with van der Waals surface area (Å²) >= 11 is 3.04. The molecule has 2 aromatic rings. The number of aromatic nitrogens is 1. The quantitative estimate of drug-likeness (QED) is 0.644. The first-order valence-electron chi connectivity index (χ1n) is 6.03. The Hall–Kier alpha value is -2.22. The van der Waals surface area contributed by atoms with Crippen LogP contribution in [0.15, 0.2) is 34.8 Å². The van der Waals surface area contributed by atoms with Gasteiger partial charge in [-0.2, -0.15) is 4.98 Å². The maximum Gasteiger partial charge on any atom is 0.278 e. The van der Waals surface area contributed by atoms with E-state index in [1.165, 1.54) is 30.3 Å². The zero-order valence-corrected chi connectivity index (χ0v) is 12.6. The van der Waals surface area contributed by atoms with Crippen molar-refractivity contribution in [1.82, 2.24) is 4.98 Å². The van der Waals surface area contributed by atoms with Gasteiger partial charge in [0.1, 0.15) is 17.4 Å². The van der Waals surface area contributed by atoms with E-state index < -0.39 is 10.7 Å². The lowest BCUT2D eigenvalue weighted by molar-refractivity contribution is -0.384. The van der Waals surface area contributed by atoms with Crippen LogP contribution in [0.3, 0.4) is 0 Å². The van der Waals surface area contributed by atoms with Crippen LogP contribution >= 0.6 is 15.9 Å². The summed E-state index contributed by atoms with van der Waals surface area (Å²) in [5.41, 5.74) is -0.142. The number of pyridine rings is 1. The summed E-state index contributed by atoms with van der Waals surface area (Å²) < 4.78 is 18.8. The summed E-state index contributed by atoms with van der Waals surface area (Å²) in [4.78, 5) is 14.5. The fourth-order valence-corrected chi connectivity index (χ4v) is 1.94. The minimum absolute atomic E-state index is 0.0543. The van der Waals surface area contributed by atoms with Gasteiger partial charge in [-0.3, -0.25) is 10.1 Å². The van der Waals surface area contributed by atoms with E-state index >= 15 is 0 Å². The fourth-order valence-electron chi connectivity index (χ4n) is 1.58. The van der Waals surface area contributed by atoms with Gasteiger partial charge in [-0.1, -0.05) is 0 Å². The van der Waals surface area contributed by atoms with Crippen molar-refractivity contribution in [2.75, 3.05) is 11.9 Å². The van der Waals surface area contributed by atoms with Crippen molar-refractivity contribution >= 4 is 27.4 Å². The average molecular weight is 356 g/mol. The molecule has 0 bridgehead atoms. The summed E-state index contributed by atoms with van der Waals surface area (Å²) in [5.74, 6) is 0.281. The zero-order valence-electron chi connectivity index (χ0n) is 11.0. The highest BCUT2D eigenvalue weighted by Crippen LogP contribution is 2.28. The summed E-state index contributed by atoms with van der Waals surface area (Å²) in [5, 5.41) is 13.8. The topological polar surface area (TPSA) is 77.3 Å². The van der Waals surface area contributed by atoms with Gasteiger partial charge < -0.3 is 10.1 Å². The summed E-state index contributed by atoms with van der Waals surface area (Å²) in [6.45, 7) is 2.41. The van der Waals surface area contributed by atoms with Gasteiger partial charge in [-0.25, -0.2) is 4.39 Å². The van der Waals surface area contributed by atoms with Gasteiger partial charge in [0.15, 0.2) is 0 Å². The van der Waals surface area contributed by atoms with Crippen LogP contribution in [0.25, 0.3) is 0 Å². The Morgan fingerprint density at radius 3 is 2.81 bits per heavy atom. The Balaban J connectivity index is 2.33. The van der Waals surface area contributed by atoms with E-state index in [0.29, 0.717) is 18.1 Å². The molecule has 110 valence electrons. The van der Waals surface area contributed by atoms with Gasteiger partial charge in [0.05, 0.1) is 21.5 Å². The second kappa shape index (κ2) is 6.49. The van der Waals surface area contributed by atoms with E-state index in [1.54, 1.807) is 0 Å². The van der Waals surface area contributed by atoms with Gasteiger partial charge in [0.25, 0.3) is 5.69 Å². The molecule has 8 heteroatoms. The number of hydrogen-bond acceptors (Lipinski definition) is 5. The second-order valence-corrected chi connectivity index (χ2v) is 4.87. The maximum atomic E-state index is 13.2. The lowest BCUT2D eigenvalue weighted by atomic mass is 10.3. The standard InChI is InChI=1S/C13H11BrFN3O3/c1-2-16-12-5-8(18(19)20)6-13(17-12)21-9-3-4-11(15)10(14)7-9/h3-7H,2H2,1H3,(H,16,17). The predicted molar refractivity (Wildman–Crippen MR) is 79.2 cm³/mol. The van der Waals surface area contributed by atoms with E-state index in [-0.39, 0.29) is 16.0 Å². The molecule has 0 atom stereocenters. The number of nitrogens with zero attached hydrogens (tertiary/aromatic N) is 2. The molecule has 0 unspecified atom stereocenters. The Kier molecular flexibility index (Phi) is 4.69. The summed E-state index contributed by atoms with van der Waals surface area (Å²) in [7, 11) is 0. The van der Waals surface area contributed by atoms with Crippen LogP contribution in [0, 0.1) is 15.9 Å². The van der Waals surface area contributed by atoms with Crippen LogP contribution in [0.2, 0.25) is 0 Å². The third-order valence-corrected chi connectivity index (χ3v) is 3.08. The van der Waals surface area contributed by atoms with Crippen LogP contribution in [0.5, 0.6) is 11.6 Å². The SMILES string of the molecule is CCNc1cc([N+](=O)[O-])cc(Oc2ccc(F)c(Br)c2)n1. The van der Waals surface area contributed by atoms with Crippen LogP contribution < -0.4 is 10.1 Å². The highest BCUT2D eigenvalue weighted by Gasteiger charge is 2.13. The summed E-state index contributed by atoms with van der Waals surface area (Å²) in [6, 6.07) is 6.58. The molecule has 0 aliphatic rings. The number of anilines is 1. The van der Waals surface area contributed by atoms with E-state index in [2.05, 4.69) is 26.2 Å². The van der Waals surface area contributed by atoms with Crippen molar-refractivity contribution in [2.45, 2.75) is 6.92 Å². The molecule has 21 heavy (non-hydrogen) atoms. The van der Waals surface area contributed by atoms with E-state index in [9.17, 15) is 14.5 Å². The number of rotatable bonds is 5. The highest BCUT2D eigenvalue weighted by atomic mass is 79.9. The first-order valence-corrected chi connectivity index (χ1v) is 6.82. The monoisotopic (exact) mass is 355 g/mol. The molecule has 0 saturated heterocycles. The van der Waals surface area contributed by atoms with Gasteiger partial charge >= 0.3 is 0 Å². The molecule has 1 aromatic heterocycles. The van der Waals surface area contributed by atoms with Crippen molar-refractivity contribution in [2.24, 2.45) is 0 Å². The molecule has 1 aromatic carbocycles. The smallest absolute Gasteiger partial charge is 0.278 e. The van der Waals surface area contributed by atoms with E-state index in [0.717, 1.165) is 0 Å². The Labute approximate surface area is 128 Å². The largest absolute Gasteiger partial charge is 0.439 e. The van der Waals surface area contributed by atoms with Crippen molar-refractivity contribution in [1.29, 1.82) is 0 Å². The van der Waals surface area contributed by atoms with Gasteiger partial charge in [0.2, 0.25) is 5.88 Å². The minimum Gasteiger partial charge on any atom is -0.439 e. The Morgan fingerprint density at radius 2 is 2.19 bits per heavy atom. The molecular weight excluding hydrogens is 345 g/mol. The van der Waals surface area contributed by atoms with Gasteiger partial charge in [-0.15, -0.1) is 0 Å². The van der Waals surface area contributed by atoms with Crippen molar-refractivity contribution in [3.05, 3.63) is 50.7 Å². The van der Waals surface area contributed by atoms with Crippen LogP contribution in [-0.4, -0.2) is 16.5 Å². The molecule has 6 nitrogen and oxygen atoms in total. The van der Waals surface area contributed by atoms with E-state index in [1.807, 2.05) is 6.92 Å². The van der Waals surface area contributed by atoms with Crippen LogP contribution in [0.1, 0.15) is 6.92 Å². The third kappa shape index (κ3) is 3.88. The number of hydrogen-bond donors (Lipinski definition) is 1. The third-order valence-electron chi connectivity index (χ3n) is 2.47. The molecular formula is C13H11BrFN3O3. The average Bonchev–Trinajstić information content (AvgIpc) is 2.43. The molecule has 1 N–H and O–H groups in total. The Bertz CT molecular complexity index is 682. The molecule has 0 aliphatic heterocycles. The molecule has 0 fully saturated rings. The van der Waals surface area contributed by atoms with Crippen LogP contribution in [0.4, 0.5) is 15.9 Å². The Morgan fingerprint density at radius 1 is 1.43 bits per heavy atom. The molecule has 2 rings (SSSR count). The van der Waals surface area contributed by atoms with Gasteiger partial charge in [-0.05, 0) is 41.1 Å². The minimum atomic E-state index is -0.532. The molecule has 0 radical (unpaired) electrons. The second-order valence-electron chi connectivity index (χ2n) is 4.01. The fraction of sp³-hybridized carbons (Fsp3) is 0.154. The molecule has 0 aliphatic carbocycles. The summed E-state index contributed by atoms with van der Waals surface area (Å²) in [6.07, 6.45) is 0. The van der Waals surface area contributed by atoms with Crippen LogP contribution in [-0.2, 0) is 0 Å².